The lowest BCUT2D eigenvalue weighted by Gasteiger charge is -2.04. The fraction of sp³-hybridized carbons (Fsp3) is 0.0909. The van der Waals surface area contributed by atoms with Crippen LogP contribution < -0.4 is 0 Å². The number of halogens is 1. The summed E-state index contributed by atoms with van der Waals surface area (Å²) in [6.07, 6.45) is 1.62. The van der Waals surface area contributed by atoms with Crippen LogP contribution in [0.25, 0.3) is 11.3 Å². The Kier molecular flexibility index (Phi) is 2.94. The lowest BCUT2D eigenvalue weighted by molar-refractivity contribution is 0.282. The molecule has 3 nitrogen and oxygen atoms in total. The van der Waals surface area contributed by atoms with Crippen molar-refractivity contribution in [3.63, 3.8) is 0 Å². The van der Waals surface area contributed by atoms with Crippen molar-refractivity contribution in [3.8, 4) is 11.3 Å². The first kappa shape index (κ1) is 10.1. The van der Waals surface area contributed by atoms with Crippen molar-refractivity contribution in [2.24, 2.45) is 0 Å². The van der Waals surface area contributed by atoms with Gasteiger partial charge in [0.25, 0.3) is 0 Å². The zero-order valence-electron chi connectivity index (χ0n) is 7.89. The van der Waals surface area contributed by atoms with Crippen LogP contribution in [-0.2, 0) is 6.61 Å². The fourth-order valence-electron chi connectivity index (χ4n) is 1.31. The van der Waals surface area contributed by atoms with Crippen molar-refractivity contribution in [2.75, 3.05) is 0 Å². The van der Waals surface area contributed by atoms with E-state index in [2.05, 4.69) is 10.2 Å². The monoisotopic (exact) mass is 220 g/mol. The lowest BCUT2D eigenvalue weighted by atomic mass is 10.1. The third-order valence-electron chi connectivity index (χ3n) is 2.08. The molecule has 0 fully saturated rings. The molecule has 0 amide bonds. The predicted molar refractivity (Wildman–Crippen MR) is 58.4 cm³/mol. The number of nitrogens with zero attached hydrogens (tertiary/aromatic N) is 2. The van der Waals surface area contributed by atoms with Gasteiger partial charge in [-0.2, -0.15) is 10.2 Å². The van der Waals surface area contributed by atoms with E-state index in [4.69, 9.17) is 16.7 Å². The molecule has 1 aromatic carbocycles. The number of rotatable bonds is 2. The van der Waals surface area contributed by atoms with E-state index >= 15 is 0 Å². The average molecular weight is 221 g/mol. The molecular formula is C11H9ClN2O. The van der Waals surface area contributed by atoms with Crippen LogP contribution in [0.3, 0.4) is 0 Å². The second kappa shape index (κ2) is 4.38. The van der Waals surface area contributed by atoms with Crippen molar-refractivity contribution < 1.29 is 5.11 Å². The topological polar surface area (TPSA) is 46.0 Å². The maximum atomic E-state index is 9.07. The van der Waals surface area contributed by atoms with Crippen LogP contribution in [0.4, 0.5) is 0 Å². The second-order valence-corrected chi connectivity index (χ2v) is 3.48. The molecule has 0 atom stereocenters. The average Bonchev–Trinajstić information content (AvgIpc) is 2.31. The molecule has 2 rings (SSSR count). The second-order valence-electron chi connectivity index (χ2n) is 3.07. The van der Waals surface area contributed by atoms with Gasteiger partial charge in [0.15, 0.2) is 0 Å². The van der Waals surface area contributed by atoms with E-state index in [1.807, 2.05) is 24.3 Å². The summed E-state index contributed by atoms with van der Waals surface area (Å²) in [6.45, 7) is -0.0765. The minimum atomic E-state index is -0.0765. The van der Waals surface area contributed by atoms with Gasteiger partial charge in [-0.3, -0.25) is 0 Å². The normalized spacial score (nSPS) is 10.3. The van der Waals surface area contributed by atoms with Crippen molar-refractivity contribution in [1.82, 2.24) is 10.2 Å². The van der Waals surface area contributed by atoms with E-state index in [0.717, 1.165) is 11.3 Å². The molecule has 1 aromatic heterocycles. The lowest BCUT2D eigenvalue weighted by Crippen LogP contribution is -1.89. The SMILES string of the molecule is OCc1cc(-c2cccnn2)ccc1Cl. The van der Waals surface area contributed by atoms with Crippen LogP contribution in [-0.4, -0.2) is 15.3 Å². The van der Waals surface area contributed by atoms with E-state index in [1.165, 1.54) is 0 Å². The molecule has 1 N–H and O–H groups in total. The summed E-state index contributed by atoms with van der Waals surface area (Å²) in [5.41, 5.74) is 2.36. The van der Waals surface area contributed by atoms with Gasteiger partial charge in [-0.15, -0.1) is 0 Å². The quantitative estimate of drug-likeness (QED) is 0.845. The molecular weight excluding hydrogens is 212 g/mol. The summed E-state index contributed by atoms with van der Waals surface area (Å²) in [7, 11) is 0. The Morgan fingerprint density at radius 3 is 2.80 bits per heavy atom. The van der Waals surface area contributed by atoms with Gasteiger partial charge in [-0.05, 0) is 29.8 Å². The van der Waals surface area contributed by atoms with Crippen molar-refractivity contribution in [2.45, 2.75) is 6.61 Å². The number of aliphatic hydroxyl groups excluding tert-OH is 1. The number of aromatic nitrogens is 2. The molecule has 76 valence electrons. The van der Waals surface area contributed by atoms with Crippen LogP contribution >= 0.6 is 11.6 Å². The van der Waals surface area contributed by atoms with Crippen molar-refractivity contribution >= 4 is 11.6 Å². The van der Waals surface area contributed by atoms with E-state index in [-0.39, 0.29) is 6.61 Å². The highest BCUT2D eigenvalue weighted by atomic mass is 35.5. The Bertz CT molecular complexity index is 459. The Morgan fingerprint density at radius 1 is 1.27 bits per heavy atom. The number of hydrogen-bond donors (Lipinski definition) is 1. The third-order valence-corrected chi connectivity index (χ3v) is 2.45. The largest absolute Gasteiger partial charge is 0.392 e. The summed E-state index contributed by atoms with van der Waals surface area (Å²) in [5.74, 6) is 0. The Balaban J connectivity index is 2.46. The molecule has 0 aliphatic rings. The maximum absolute atomic E-state index is 9.07. The minimum absolute atomic E-state index is 0.0765. The highest BCUT2D eigenvalue weighted by Crippen LogP contribution is 2.23. The Hall–Kier alpha value is -1.45. The van der Waals surface area contributed by atoms with E-state index in [0.29, 0.717) is 10.6 Å². The Labute approximate surface area is 92.4 Å². The van der Waals surface area contributed by atoms with Gasteiger partial charge in [0, 0.05) is 16.8 Å². The molecule has 1 heterocycles. The number of benzene rings is 1. The minimum Gasteiger partial charge on any atom is -0.392 e. The number of hydrogen-bond acceptors (Lipinski definition) is 3. The van der Waals surface area contributed by atoms with Gasteiger partial charge in [-0.1, -0.05) is 17.7 Å². The molecule has 15 heavy (non-hydrogen) atoms. The molecule has 4 heteroatoms. The van der Waals surface area contributed by atoms with Crippen LogP contribution in [0, 0.1) is 0 Å². The van der Waals surface area contributed by atoms with Gasteiger partial charge < -0.3 is 5.11 Å². The number of aliphatic hydroxyl groups is 1. The van der Waals surface area contributed by atoms with Gasteiger partial charge in [-0.25, -0.2) is 0 Å². The highest BCUT2D eigenvalue weighted by molar-refractivity contribution is 6.31. The van der Waals surface area contributed by atoms with Gasteiger partial charge in [0.1, 0.15) is 0 Å². The summed E-state index contributed by atoms with van der Waals surface area (Å²) in [4.78, 5) is 0. The maximum Gasteiger partial charge on any atom is 0.0929 e. The summed E-state index contributed by atoms with van der Waals surface area (Å²) >= 11 is 5.89. The molecule has 0 unspecified atom stereocenters. The van der Waals surface area contributed by atoms with Crippen molar-refractivity contribution in [1.29, 1.82) is 0 Å². The fourth-order valence-corrected chi connectivity index (χ4v) is 1.49. The van der Waals surface area contributed by atoms with Crippen LogP contribution in [0.5, 0.6) is 0 Å². The van der Waals surface area contributed by atoms with Crippen molar-refractivity contribution in [3.05, 3.63) is 47.1 Å². The zero-order chi connectivity index (χ0) is 10.7. The standard InChI is InChI=1S/C11H9ClN2O/c12-10-4-3-8(6-9(10)7-15)11-2-1-5-13-14-11/h1-6,15H,7H2. The molecule has 0 saturated heterocycles. The third kappa shape index (κ3) is 2.14. The predicted octanol–water partition coefficient (Wildman–Crippen LogP) is 2.29. The summed E-state index contributed by atoms with van der Waals surface area (Å²) in [6, 6.07) is 9.09. The van der Waals surface area contributed by atoms with Crippen LogP contribution in [0.1, 0.15) is 5.56 Å². The molecule has 0 aliphatic carbocycles. The molecule has 0 bridgehead atoms. The van der Waals surface area contributed by atoms with E-state index in [9.17, 15) is 0 Å². The summed E-state index contributed by atoms with van der Waals surface area (Å²) < 4.78 is 0. The first-order chi connectivity index (χ1) is 7.31. The van der Waals surface area contributed by atoms with Crippen LogP contribution in [0.2, 0.25) is 5.02 Å². The van der Waals surface area contributed by atoms with Gasteiger partial charge in [0.05, 0.1) is 12.3 Å². The molecule has 0 aliphatic heterocycles. The first-order valence-corrected chi connectivity index (χ1v) is 4.86. The molecule has 0 spiro atoms. The first-order valence-electron chi connectivity index (χ1n) is 4.48. The highest BCUT2D eigenvalue weighted by Gasteiger charge is 2.03. The molecule has 0 saturated carbocycles. The summed E-state index contributed by atoms with van der Waals surface area (Å²) in [5, 5.41) is 17.4. The molecule has 2 aromatic rings. The Morgan fingerprint density at radius 2 is 2.13 bits per heavy atom. The van der Waals surface area contributed by atoms with Gasteiger partial charge >= 0.3 is 0 Å². The zero-order valence-corrected chi connectivity index (χ0v) is 8.65. The van der Waals surface area contributed by atoms with E-state index < -0.39 is 0 Å². The molecule has 0 radical (unpaired) electrons. The van der Waals surface area contributed by atoms with E-state index in [1.54, 1.807) is 12.3 Å². The van der Waals surface area contributed by atoms with Crippen LogP contribution in [0.15, 0.2) is 36.5 Å². The van der Waals surface area contributed by atoms with Gasteiger partial charge in [0.2, 0.25) is 0 Å². The smallest absolute Gasteiger partial charge is 0.0929 e.